The molecule has 1 fully saturated rings. The van der Waals surface area contributed by atoms with Gasteiger partial charge in [-0.2, -0.15) is 0 Å². The first-order valence-corrected chi connectivity index (χ1v) is 13.5. The lowest BCUT2D eigenvalue weighted by molar-refractivity contribution is -0.139. The van der Waals surface area contributed by atoms with E-state index in [0.29, 0.717) is 29.6 Å². The van der Waals surface area contributed by atoms with Crippen molar-refractivity contribution in [1.82, 2.24) is 14.9 Å². The van der Waals surface area contributed by atoms with Gasteiger partial charge in [0.05, 0.1) is 18.8 Å². The number of fused-ring (bicyclic) bond motifs is 1. The third kappa shape index (κ3) is 6.68. The van der Waals surface area contributed by atoms with Gasteiger partial charge in [0.15, 0.2) is 0 Å². The maximum atomic E-state index is 15.4. The molecule has 1 N–H and O–H groups in total. The minimum absolute atomic E-state index is 0.000307. The highest BCUT2D eigenvalue weighted by atomic mass is 32.2. The summed E-state index contributed by atoms with van der Waals surface area (Å²) in [5.74, 6) is -0.0832. The Morgan fingerprint density at radius 3 is 2.97 bits per heavy atom. The number of carboxylic acids is 1. The highest BCUT2D eigenvalue weighted by Gasteiger charge is 2.32. The Hall–Kier alpha value is -2.30. The van der Waals surface area contributed by atoms with Crippen LogP contribution in [0.3, 0.4) is 0 Å². The van der Waals surface area contributed by atoms with Gasteiger partial charge in [-0.1, -0.05) is 11.8 Å². The average molecular weight is 522 g/mol. The maximum absolute atomic E-state index is 15.4. The second-order valence-corrected chi connectivity index (χ2v) is 11.0. The molecule has 0 radical (unpaired) electrons. The van der Waals surface area contributed by atoms with Crippen LogP contribution in [0.4, 0.5) is 8.78 Å². The molecule has 1 aliphatic rings. The van der Waals surface area contributed by atoms with E-state index in [1.165, 1.54) is 7.11 Å². The summed E-state index contributed by atoms with van der Waals surface area (Å²) in [6.07, 6.45) is 2.84. The number of carboxylic acid groups (broad SMARTS) is 1. The van der Waals surface area contributed by atoms with Crippen LogP contribution in [-0.2, 0) is 4.79 Å². The molecule has 3 aromatic rings. The summed E-state index contributed by atoms with van der Waals surface area (Å²) in [5.41, 5.74) is 0.512. The third-order valence-electron chi connectivity index (χ3n) is 6.63. The van der Waals surface area contributed by atoms with E-state index in [2.05, 4.69) is 14.9 Å². The summed E-state index contributed by atoms with van der Waals surface area (Å²) in [5, 5.41) is 11.8. The first-order chi connectivity index (χ1) is 16.9. The topological polar surface area (TPSA) is 75.5 Å². The molecule has 1 aromatic carbocycles. The van der Waals surface area contributed by atoms with Crippen molar-refractivity contribution in [2.75, 3.05) is 32.5 Å². The monoisotopic (exact) mass is 521 g/mol. The fraction of sp³-hybridized carbons (Fsp3) is 0.480. The highest BCUT2D eigenvalue weighted by molar-refractivity contribution is 8.01. The van der Waals surface area contributed by atoms with Gasteiger partial charge in [0.1, 0.15) is 22.1 Å². The van der Waals surface area contributed by atoms with Crippen LogP contribution in [0, 0.1) is 17.7 Å². The van der Waals surface area contributed by atoms with E-state index >= 15 is 4.39 Å². The number of hydrogen-bond acceptors (Lipinski definition) is 7. The number of benzene rings is 1. The summed E-state index contributed by atoms with van der Waals surface area (Å²) in [7, 11) is 1.51. The Balaban J connectivity index is 1.39. The first kappa shape index (κ1) is 25.8. The number of halogens is 2. The smallest absolute Gasteiger partial charge is 0.303 e. The van der Waals surface area contributed by atoms with Crippen LogP contribution in [0.25, 0.3) is 10.9 Å². The van der Waals surface area contributed by atoms with Gasteiger partial charge in [0.2, 0.25) is 0 Å². The molecule has 0 spiro atoms. The number of rotatable bonds is 11. The number of hydrogen-bond donors (Lipinski definition) is 1. The van der Waals surface area contributed by atoms with Gasteiger partial charge in [-0.3, -0.25) is 9.78 Å². The van der Waals surface area contributed by atoms with Crippen molar-refractivity contribution in [3.05, 3.63) is 47.4 Å². The molecule has 10 heteroatoms. The van der Waals surface area contributed by atoms with Crippen LogP contribution in [0.15, 0.2) is 40.3 Å². The van der Waals surface area contributed by atoms with E-state index in [4.69, 9.17) is 4.74 Å². The van der Waals surface area contributed by atoms with Crippen molar-refractivity contribution in [1.29, 1.82) is 0 Å². The number of thioether (sulfide) groups is 1. The van der Waals surface area contributed by atoms with Crippen molar-refractivity contribution in [2.24, 2.45) is 11.8 Å². The number of pyridine rings is 1. The van der Waals surface area contributed by atoms with Gasteiger partial charge < -0.3 is 14.7 Å². The Bertz CT molecular complexity index is 1130. The maximum Gasteiger partial charge on any atom is 0.303 e. The van der Waals surface area contributed by atoms with Crippen molar-refractivity contribution in [2.45, 2.75) is 36.2 Å². The summed E-state index contributed by atoms with van der Waals surface area (Å²) >= 11 is 3.32. The molecule has 1 aliphatic heterocycles. The van der Waals surface area contributed by atoms with Crippen LogP contribution < -0.4 is 4.74 Å². The van der Waals surface area contributed by atoms with Crippen molar-refractivity contribution >= 4 is 40.0 Å². The molecule has 4 rings (SSSR count). The van der Waals surface area contributed by atoms with Gasteiger partial charge in [-0.05, 0) is 55.8 Å². The normalized spacial score (nSPS) is 19.6. The molecule has 0 saturated carbocycles. The molecule has 0 amide bonds. The standard InChI is InChI=1S/C25H29F2N3O3S2/c1-33-18-3-5-22-19(13-18)24(21(27)14-29-22)20(26)4-2-16-6-8-30(15-17(16)12-23(31)32)9-11-35-25-28-7-10-34-25/h3,5,7,10,13-14,16-17,20H,2,4,6,8-9,11-12,15H2,1H3,(H,31,32). The van der Waals surface area contributed by atoms with Crippen LogP contribution in [0.2, 0.25) is 0 Å². The fourth-order valence-electron chi connectivity index (χ4n) is 4.86. The van der Waals surface area contributed by atoms with Crippen LogP contribution in [0.5, 0.6) is 5.75 Å². The van der Waals surface area contributed by atoms with Crippen LogP contribution in [-0.4, -0.2) is 58.4 Å². The van der Waals surface area contributed by atoms with E-state index in [9.17, 15) is 14.3 Å². The number of piperidine rings is 1. The minimum atomic E-state index is -1.51. The van der Waals surface area contributed by atoms with E-state index in [1.54, 1.807) is 47.5 Å². The van der Waals surface area contributed by atoms with Crippen molar-refractivity contribution in [3.8, 4) is 5.75 Å². The molecule has 3 heterocycles. The Morgan fingerprint density at radius 1 is 1.37 bits per heavy atom. The molecular weight excluding hydrogens is 492 g/mol. The highest BCUT2D eigenvalue weighted by Crippen LogP contribution is 2.37. The Labute approximate surface area is 211 Å². The summed E-state index contributed by atoms with van der Waals surface area (Å²) in [6, 6.07) is 5.02. The molecule has 1 saturated heterocycles. The van der Waals surface area contributed by atoms with Gasteiger partial charge in [0, 0.05) is 47.8 Å². The molecule has 6 nitrogen and oxygen atoms in total. The number of aromatic nitrogens is 2. The second-order valence-electron chi connectivity index (χ2n) is 8.80. The third-order valence-corrected chi connectivity index (χ3v) is 8.57. The summed E-state index contributed by atoms with van der Waals surface area (Å²) in [4.78, 5) is 22.2. The van der Waals surface area contributed by atoms with Crippen molar-refractivity contribution in [3.63, 3.8) is 0 Å². The average Bonchev–Trinajstić information content (AvgIpc) is 3.36. The van der Waals surface area contributed by atoms with Crippen LogP contribution in [0.1, 0.15) is 37.4 Å². The summed E-state index contributed by atoms with van der Waals surface area (Å²) in [6.45, 7) is 2.38. The number of thiazole rings is 1. The van der Waals surface area contributed by atoms with Gasteiger partial charge in [-0.25, -0.2) is 13.8 Å². The zero-order valence-corrected chi connectivity index (χ0v) is 21.2. The second kappa shape index (κ2) is 12.1. The number of nitrogens with zero attached hydrogens (tertiary/aromatic N) is 3. The largest absolute Gasteiger partial charge is 0.497 e. The number of carbonyl (C=O) groups is 1. The molecule has 188 valence electrons. The predicted octanol–water partition coefficient (Wildman–Crippen LogP) is 5.83. The minimum Gasteiger partial charge on any atom is -0.497 e. The zero-order chi connectivity index (χ0) is 24.8. The molecule has 0 bridgehead atoms. The van der Waals surface area contributed by atoms with E-state index in [0.717, 1.165) is 35.8 Å². The van der Waals surface area contributed by atoms with E-state index in [1.807, 2.05) is 5.38 Å². The number of alkyl halides is 1. The lowest BCUT2D eigenvalue weighted by Gasteiger charge is -2.38. The SMILES string of the molecule is COc1ccc2ncc(F)c(C(F)CCC3CCN(CCSc4nccs4)CC3CC(=O)O)c2c1. The molecule has 3 unspecified atom stereocenters. The predicted molar refractivity (Wildman–Crippen MR) is 134 cm³/mol. The lowest BCUT2D eigenvalue weighted by atomic mass is 9.79. The molecule has 35 heavy (non-hydrogen) atoms. The van der Waals surface area contributed by atoms with Gasteiger partial charge in [-0.15, -0.1) is 11.3 Å². The first-order valence-electron chi connectivity index (χ1n) is 11.7. The van der Waals surface area contributed by atoms with Gasteiger partial charge in [0.25, 0.3) is 0 Å². The van der Waals surface area contributed by atoms with Crippen LogP contribution >= 0.6 is 23.1 Å². The van der Waals surface area contributed by atoms with Crippen molar-refractivity contribution < 1.29 is 23.4 Å². The quantitative estimate of drug-likeness (QED) is 0.318. The zero-order valence-electron chi connectivity index (χ0n) is 19.5. The molecule has 0 aliphatic carbocycles. The Morgan fingerprint density at radius 2 is 2.23 bits per heavy atom. The number of ether oxygens (including phenoxy) is 1. The molecular formula is C25H29F2N3O3S2. The van der Waals surface area contributed by atoms with E-state index in [-0.39, 0.29) is 30.2 Å². The number of aliphatic carboxylic acids is 1. The molecule has 2 aromatic heterocycles. The summed E-state index contributed by atoms with van der Waals surface area (Å²) < 4.78 is 36.4. The number of methoxy groups -OCH3 is 1. The Kier molecular flexibility index (Phi) is 8.91. The molecule has 3 atom stereocenters. The van der Waals surface area contributed by atoms with Gasteiger partial charge >= 0.3 is 5.97 Å². The number of likely N-dealkylation sites (tertiary alicyclic amines) is 1. The van der Waals surface area contributed by atoms with E-state index < -0.39 is 18.0 Å². The fourth-order valence-corrected chi connectivity index (χ4v) is 6.56. The lowest BCUT2D eigenvalue weighted by Crippen LogP contribution is -2.42.